The van der Waals surface area contributed by atoms with Crippen LogP contribution in [0.5, 0.6) is 0 Å². The van der Waals surface area contributed by atoms with Crippen LogP contribution in [0.15, 0.2) is 40.4 Å². The van der Waals surface area contributed by atoms with Gasteiger partial charge >= 0.3 is 12.1 Å². The number of pyridine rings is 2. The van der Waals surface area contributed by atoms with Crippen molar-refractivity contribution in [3.8, 4) is 0 Å². The maximum absolute atomic E-state index is 12.8. The van der Waals surface area contributed by atoms with E-state index < -0.39 is 5.60 Å². The molecule has 51 heavy (non-hydrogen) atoms. The van der Waals surface area contributed by atoms with Crippen molar-refractivity contribution in [2.75, 3.05) is 64.2 Å². The minimum atomic E-state index is -0.567. The number of carbonyl (C=O) groups is 2. The Morgan fingerprint density at radius 1 is 0.980 bits per heavy atom. The molecule has 1 atom stereocenters. The van der Waals surface area contributed by atoms with Crippen molar-refractivity contribution in [1.29, 1.82) is 0 Å². The van der Waals surface area contributed by atoms with E-state index in [0.29, 0.717) is 65.9 Å². The summed E-state index contributed by atoms with van der Waals surface area (Å²) in [5.41, 5.74) is 10.5. The first-order chi connectivity index (χ1) is 24.6. The molecule has 282 valence electrons. The van der Waals surface area contributed by atoms with Crippen LogP contribution >= 0.6 is 0 Å². The summed E-state index contributed by atoms with van der Waals surface area (Å²) in [6.45, 7) is 11.3. The molecule has 1 aliphatic rings. The van der Waals surface area contributed by atoms with Gasteiger partial charge in [-0.3, -0.25) is 14.5 Å². The van der Waals surface area contributed by atoms with Gasteiger partial charge in [0.2, 0.25) is 0 Å². The van der Waals surface area contributed by atoms with Gasteiger partial charge in [-0.05, 0) is 88.4 Å². The lowest BCUT2D eigenvalue weighted by Gasteiger charge is -2.31. The number of anilines is 1. The number of rotatable bonds is 23. The lowest BCUT2D eigenvalue weighted by Crippen LogP contribution is -2.40. The highest BCUT2D eigenvalue weighted by molar-refractivity contribution is 5.88. The molecule has 1 amide bonds. The lowest BCUT2D eigenvalue weighted by molar-refractivity contribution is -0.143. The molecule has 0 aliphatic carbocycles. The maximum atomic E-state index is 12.8. The number of azide groups is 1. The second-order valence-corrected chi connectivity index (χ2v) is 13.5. The third kappa shape index (κ3) is 15.9. The Hall–Kier alpha value is -3.97. The molecule has 2 aromatic heterocycles. The fourth-order valence-electron chi connectivity index (χ4n) is 5.79. The highest BCUT2D eigenvalue weighted by Gasteiger charge is 2.28. The van der Waals surface area contributed by atoms with Crippen LogP contribution < -0.4 is 10.5 Å². The largest absolute Gasteiger partial charge is 0.466 e. The van der Waals surface area contributed by atoms with Crippen LogP contribution in [0, 0.1) is 0 Å². The van der Waals surface area contributed by atoms with E-state index in [9.17, 15) is 14.4 Å². The number of aromatic nitrogens is 2. The first-order valence-electron chi connectivity index (χ1n) is 18.2. The van der Waals surface area contributed by atoms with Crippen LogP contribution in [0.4, 0.5) is 10.6 Å². The first kappa shape index (κ1) is 41.5. The summed E-state index contributed by atoms with van der Waals surface area (Å²) in [5.74, 6) is 0.402. The highest BCUT2D eigenvalue weighted by Crippen LogP contribution is 2.29. The third-order valence-corrected chi connectivity index (χ3v) is 8.26. The smallest absolute Gasteiger partial charge is 0.416 e. The molecule has 3 heterocycles. The van der Waals surface area contributed by atoms with Gasteiger partial charge in [0.15, 0.2) is 0 Å². The average Bonchev–Trinajstić information content (AvgIpc) is 3.09. The second kappa shape index (κ2) is 22.8. The Morgan fingerprint density at radius 3 is 2.43 bits per heavy atom. The van der Waals surface area contributed by atoms with Gasteiger partial charge in [-0.15, -0.1) is 0 Å². The van der Waals surface area contributed by atoms with Gasteiger partial charge in [-0.1, -0.05) is 36.5 Å². The van der Waals surface area contributed by atoms with Gasteiger partial charge in [0.1, 0.15) is 11.4 Å². The van der Waals surface area contributed by atoms with E-state index in [2.05, 4.69) is 22.2 Å². The molecular weight excluding hydrogens is 656 g/mol. The number of amides is 1. The third-order valence-electron chi connectivity index (χ3n) is 8.26. The van der Waals surface area contributed by atoms with Crippen molar-refractivity contribution in [2.24, 2.45) is 5.11 Å². The predicted molar refractivity (Wildman–Crippen MR) is 194 cm³/mol. The summed E-state index contributed by atoms with van der Waals surface area (Å²) in [6, 6.07) is 7.52. The molecule has 0 fully saturated rings. The van der Waals surface area contributed by atoms with Gasteiger partial charge in [0, 0.05) is 42.5 Å². The number of hydrogen-bond donors (Lipinski definition) is 0. The number of esters is 1. The molecule has 0 unspecified atom stereocenters. The van der Waals surface area contributed by atoms with E-state index in [-0.39, 0.29) is 30.0 Å². The summed E-state index contributed by atoms with van der Waals surface area (Å²) >= 11 is 0. The van der Waals surface area contributed by atoms with Crippen molar-refractivity contribution >= 4 is 17.9 Å². The number of carbonyl (C=O) groups excluding carboxylic acids is 2. The zero-order chi connectivity index (χ0) is 36.9. The Balaban J connectivity index is 1.45. The molecular formula is C37H56N6O8. The van der Waals surface area contributed by atoms with Crippen molar-refractivity contribution in [3.63, 3.8) is 0 Å². The van der Waals surface area contributed by atoms with Crippen molar-refractivity contribution in [1.82, 2.24) is 9.55 Å². The molecule has 2 aromatic rings. The summed E-state index contributed by atoms with van der Waals surface area (Å²) in [4.78, 5) is 47.2. The maximum Gasteiger partial charge on any atom is 0.416 e. The van der Waals surface area contributed by atoms with Gasteiger partial charge in [-0.2, -0.15) is 0 Å². The Labute approximate surface area is 301 Å². The molecule has 0 aromatic carbocycles. The van der Waals surface area contributed by atoms with Gasteiger partial charge in [-0.25, -0.2) is 9.78 Å². The van der Waals surface area contributed by atoms with Crippen LogP contribution in [0.2, 0.25) is 0 Å². The topological polar surface area (TPSA) is 167 Å². The van der Waals surface area contributed by atoms with Crippen LogP contribution in [-0.2, 0) is 47.9 Å². The van der Waals surface area contributed by atoms with Crippen LogP contribution in [0.25, 0.3) is 10.4 Å². The molecule has 0 bridgehead atoms. The van der Waals surface area contributed by atoms with Crippen LogP contribution in [0.3, 0.4) is 0 Å². The lowest BCUT2D eigenvalue weighted by atomic mass is 9.91. The van der Waals surface area contributed by atoms with Crippen molar-refractivity contribution in [2.45, 2.75) is 104 Å². The highest BCUT2D eigenvalue weighted by atomic mass is 16.6. The second-order valence-electron chi connectivity index (χ2n) is 13.5. The van der Waals surface area contributed by atoms with E-state index in [1.54, 1.807) is 22.5 Å². The molecule has 0 N–H and O–H groups in total. The molecule has 0 spiro atoms. The number of fused-ring (bicyclic) bond motifs is 1. The van der Waals surface area contributed by atoms with Crippen molar-refractivity contribution in [3.05, 3.63) is 68.1 Å². The predicted octanol–water partition coefficient (Wildman–Crippen LogP) is 6.52. The summed E-state index contributed by atoms with van der Waals surface area (Å²) in [6.07, 6.45) is 9.02. The van der Waals surface area contributed by atoms with E-state index in [1.165, 1.54) is 0 Å². The van der Waals surface area contributed by atoms with E-state index in [0.717, 1.165) is 74.0 Å². The van der Waals surface area contributed by atoms with E-state index in [1.807, 2.05) is 33.0 Å². The average molecular weight is 713 g/mol. The molecule has 0 saturated heterocycles. The molecule has 3 rings (SSSR count). The zero-order valence-corrected chi connectivity index (χ0v) is 30.8. The normalized spacial score (nSPS) is 13.3. The monoisotopic (exact) mass is 712 g/mol. The Bertz CT molecular complexity index is 1470. The van der Waals surface area contributed by atoms with E-state index >= 15 is 0 Å². The zero-order valence-electron chi connectivity index (χ0n) is 30.8. The molecule has 14 heteroatoms. The fraction of sp³-hybridized carbons (Fsp3) is 0.676. The quantitative estimate of drug-likeness (QED) is 0.0410. The number of nitrogens with zero attached hydrogens (tertiary/aromatic N) is 6. The molecule has 14 nitrogen and oxygen atoms in total. The molecule has 0 saturated carbocycles. The van der Waals surface area contributed by atoms with Gasteiger partial charge in [0.05, 0.1) is 52.7 Å². The number of aryl methyl sites for hydroxylation is 2. The Kier molecular flexibility index (Phi) is 18.5. The summed E-state index contributed by atoms with van der Waals surface area (Å²) < 4.78 is 28.9. The first-order valence-corrected chi connectivity index (χ1v) is 18.2. The fourth-order valence-corrected chi connectivity index (χ4v) is 5.79. The minimum Gasteiger partial charge on any atom is -0.466 e. The van der Waals surface area contributed by atoms with Crippen molar-refractivity contribution < 1.29 is 33.3 Å². The molecule has 0 radical (unpaired) electrons. The van der Waals surface area contributed by atoms with Gasteiger partial charge in [0.25, 0.3) is 5.56 Å². The SMILES string of the molecule is CCOC(=O)C[C@H](CCCCCCc1ccc2c(n1)N(C(=O)OC(C)(C)C)CCC2)c1ccc(=O)n(CCOCCOCCOCCN=[N+]=[N-])c1. The molecule has 1 aliphatic heterocycles. The Morgan fingerprint density at radius 2 is 1.71 bits per heavy atom. The number of ether oxygens (including phenoxy) is 5. The van der Waals surface area contributed by atoms with Gasteiger partial charge < -0.3 is 28.3 Å². The number of unbranched alkanes of at least 4 members (excludes halogenated alkanes) is 3. The standard InChI is InChI=1S/C37H56N6O8/c1-5-50-34(45)27-30(31-15-17-33(44)42(28-31)20-22-48-24-26-49-25-23-47-21-18-39-41-38)11-8-6-7-9-13-32-16-14-29-12-10-19-43(35(29)40-32)36(46)51-37(2,3)4/h14-17,28,30H,5-13,18-27H2,1-4H3/t30-/m0/s1. The minimum absolute atomic E-state index is 0.0692. The number of hydrogen-bond acceptors (Lipinski definition) is 10. The van der Waals surface area contributed by atoms with Crippen LogP contribution in [-0.4, -0.2) is 86.6 Å². The summed E-state index contributed by atoms with van der Waals surface area (Å²) in [5, 5.41) is 3.40. The summed E-state index contributed by atoms with van der Waals surface area (Å²) in [7, 11) is 0. The van der Waals surface area contributed by atoms with Crippen LogP contribution in [0.1, 0.15) is 95.4 Å². The van der Waals surface area contributed by atoms with E-state index in [4.69, 9.17) is 34.2 Å².